The summed E-state index contributed by atoms with van der Waals surface area (Å²) in [7, 11) is 1.88. The highest BCUT2D eigenvalue weighted by Crippen LogP contribution is 2.31. The summed E-state index contributed by atoms with van der Waals surface area (Å²) in [6.45, 7) is 1.02. The highest BCUT2D eigenvalue weighted by Gasteiger charge is 2.19. The molecule has 1 fully saturated rings. The summed E-state index contributed by atoms with van der Waals surface area (Å²) in [6, 6.07) is 8.52. The third-order valence-corrected chi connectivity index (χ3v) is 5.08. The van der Waals surface area contributed by atoms with Crippen LogP contribution < -0.4 is 15.2 Å². The number of ether oxygens (including phenoxy) is 1. The molecule has 1 saturated heterocycles. The highest BCUT2D eigenvalue weighted by atomic mass is 19.1. The zero-order valence-electron chi connectivity index (χ0n) is 15.8. The van der Waals surface area contributed by atoms with Crippen molar-refractivity contribution >= 4 is 5.69 Å². The van der Waals surface area contributed by atoms with Gasteiger partial charge in [0.05, 0.1) is 11.9 Å². The van der Waals surface area contributed by atoms with Gasteiger partial charge in [-0.25, -0.2) is 4.39 Å². The maximum absolute atomic E-state index is 12.9. The number of aryl methyl sites for hydroxylation is 1. The van der Waals surface area contributed by atoms with Crippen molar-refractivity contribution in [3.05, 3.63) is 59.3 Å². The predicted molar refractivity (Wildman–Crippen MR) is 107 cm³/mol. The molecule has 3 heterocycles. The van der Waals surface area contributed by atoms with Gasteiger partial charge in [-0.2, -0.15) is 5.10 Å². The molecule has 3 aromatic rings. The van der Waals surface area contributed by atoms with E-state index in [4.69, 9.17) is 4.74 Å². The Labute approximate surface area is 162 Å². The summed E-state index contributed by atoms with van der Waals surface area (Å²) in [6.07, 6.45) is 9.13. The van der Waals surface area contributed by atoms with Crippen LogP contribution >= 0.6 is 0 Å². The maximum Gasteiger partial charge on any atom is 0.257 e. The Morgan fingerprint density at radius 3 is 2.50 bits per heavy atom. The quantitative estimate of drug-likeness (QED) is 0.677. The Bertz CT molecular complexity index is 1000. The van der Waals surface area contributed by atoms with Crippen LogP contribution in [0.4, 0.5) is 10.1 Å². The van der Waals surface area contributed by atoms with Gasteiger partial charge >= 0.3 is 0 Å². The number of piperidine rings is 1. The van der Waals surface area contributed by atoms with Crippen molar-refractivity contribution in [2.45, 2.75) is 19.3 Å². The minimum atomic E-state index is -0.880. The van der Waals surface area contributed by atoms with Crippen LogP contribution in [0.5, 0.6) is 5.75 Å². The molecule has 0 bridgehead atoms. The number of nitrogens with zero attached hydrogens (tertiary/aromatic N) is 4. The Kier molecular flexibility index (Phi) is 5.14. The number of hydrogen-bond donors (Lipinski definition) is 0. The van der Waals surface area contributed by atoms with Crippen molar-refractivity contribution in [2.75, 3.05) is 24.9 Å². The number of hydrogen-bond acceptors (Lipinski definition) is 4. The van der Waals surface area contributed by atoms with E-state index < -0.39 is 6.86 Å². The standard InChI is InChI=1S/C21H23FN4O2/c1-24-13-16(12-23-24)19-14-26(17-5-7-18(8-6-17)28-15-22)21(27)11-20(19)25-9-3-2-4-10-25/h5-8,11-14H,2-4,9-10,15H2,1H3. The fourth-order valence-electron chi connectivity index (χ4n) is 3.67. The normalized spacial score (nSPS) is 14.3. The molecule has 0 unspecified atom stereocenters. The molecule has 0 N–H and O–H groups in total. The molecule has 0 radical (unpaired) electrons. The number of pyridine rings is 1. The third kappa shape index (κ3) is 3.65. The molecule has 0 amide bonds. The van der Waals surface area contributed by atoms with Gasteiger partial charge in [-0.05, 0) is 43.5 Å². The molecule has 1 aliphatic heterocycles. The Morgan fingerprint density at radius 1 is 1.11 bits per heavy atom. The first-order valence-corrected chi connectivity index (χ1v) is 9.45. The second kappa shape index (κ2) is 7.88. The van der Waals surface area contributed by atoms with Gasteiger partial charge < -0.3 is 9.64 Å². The first-order valence-electron chi connectivity index (χ1n) is 9.45. The summed E-state index contributed by atoms with van der Waals surface area (Å²) < 4.78 is 20.6. The van der Waals surface area contributed by atoms with E-state index in [1.54, 1.807) is 39.6 Å². The molecular weight excluding hydrogens is 359 g/mol. The molecule has 1 aromatic carbocycles. The van der Waals surface area contributed by atoms with Gasteiger partial charge in [0.25, 0.3) is 5.56 Å². The summed E-state index contributed by atoms with van der Waals surface area (Å²) >= 11 is 0. The average molecular weight is 382 g/mol. The minimum Gasteiger partial charge on any atom is -0.463 e. The fraction of sp³-hybridized carbons (Fsp3) is 0.333. The summed E-state index contributed by atoms with van der Waals surface area (Å²) in [5, 5.41) is 4.29. The Hall–Kier alpha value is -3.09. The number of aromatic nitrogens is 3. The van der Waals surface area contributed by atoms with Crippen molar-refractivity contribution in [1.29, 1.82) is 0 Å². The van der Waals surface area contributed by atoms with E-state index in [1.165, 1.54) is 6.42 Å². The van der Waals surface area contributed by atoms with E-state index in [1.807, 2.05) is 25.6 Å². The van der Waals surface area contributed by atoms with Gasteiger partial charge in [-0.1, -0.05) is 0 Å². The zero-order valence-corrected chi connectivity index (χ0v) is 15.8. The number of anilines is 1. The van der Waals surface area contributed by atoms with Crippen molar-refractivity contribution in [3.63, 3.8) is 0 Å². The Morgan fingerprint density at radius 2 is 1.86 bits per heavy atom. The van der Waals surface area contributed by atoms with Crippen molar-refractivity contribution in [3.8, 4) is 22.6 Å². The number of benzene rings is 1. The van der Waals surface area contributed by atoms with Crippen molar-refractivity contribution < 1.29 is 9.13 Å². The van der Waals surface area contributed by atoms with Crippen LogP contribution in [0.3, 0.4) is 0 Å². The van der Waals surface area contributed by atoms with Crippen LogP contribution in [-0.2, 0) is 7.05 Å². The lowest BCUT2D eigenvalue weighted by Crippen LogP contribution is -2.31. The van der Waals surface area contributed by atoms with Crippen LogP contribution in [0.1, 0.15) is 19.3 Å². The molecule has 0 aliphatic carbocycles. The molecule has 1 aliphatic rings. The van der Waals surface area contributed by atoms with E-state index in [2.05, 4.69) is 10.00 Å². The Balaban J connectivity index is 1.81. The first kappa shape index (κ1) is 18.3. The average Bonchev–Trinajstić information content (AvgIpc) is 3.15. The molecule has 0 atom stereocenters. The van der Waals surface area contributed by atoms with Crippen LogP contribution in [0.25, 0.3) is 16.8 Å². The van der Waals surface area contributed by atoms with Crippen LogP contribution in [0, 0.1) is 0 Å². The molecule has 7 heteroatoms. The SMILES string of the molecule is Cn1cc(-c2cn(-c3ccc(OCF)cc3)c(=O)cc2N2CCCCC2)cn1. The molecule has 146 valence electrons. The lowest BCUT2D eigenvalue weighted by Gasteiger charge is -2.30. The van der Waals surface area contributed by atoms with Crippen LogP contribution in [0.2, 0.25) is 0 Å². The van der Waals surface area contributed by atoms with E-state index in [9.17, 15) is 9.18 Å². The summed E-state index contributed by atoms with van der Waals surface area (Å²) in [5.41, 5.74) is 3.48. The molecule has 4 rings (SSSR count). The zero-order chi connectivity index (χ0) is 19.5. The van der Waals surface area contributed by atoms with Gasteiger partial charge in [-0.3, -0.25) is 14.0 Å². The van der Waals surface area contributed by atoms with Crippen molar-refractivity contribution in [1.82, 2.24) is 14.3 Å². The molecular formula is C21H23FN4O2. The largest absolute Gasteiger partial charge is 0.463 e. The number of alkyl halides is 1. The topological polar surface area (TPSA) is 52.3 Å². The monoisotopic (exact) mass is 382 g/mol. The van der Waals surface area contributed by atoms with Gasteiger partial charge in [0, 0.05) is 55.4 Å². The number of halogens is 1. The molecule has 0 saturated carbocycles. The predicted octanol–water partition coefficient (Wildman–Crippen LogP) is 3.53. The van der Waals surface area contributed by atoms with Gasteiger partial charge in [0.1, 0.15) is 5.75 Å². The molecule has 6 nitrogen and oxygen atoms in total. The third-order valence-electron chi connectivity index (χ3n) is 5.08. The van der Waals surface area contributed by atoms with Gasteiger partial charge in [0.2, 0.25) is 6.86 Å². The van der Waals surface area contributed by atoms with Crippen LogP contribution in [0.15, 0.2) is 53.7 Å². The van der Waals surface area contributed by atoms with E-state index in [0.29, 0.717) is 11.4 Å². The second-order valence-corrected chi connectivity index (χ2v) is 6.98. The second-order valence-electron chi connectivity index (χ2n) is 6.98. The lowest BCUT2D eigenvalue weighted by atomic mass is 10.1. The van der Waals surface area contributed by atoms with E-state index in [0.717, 1.165) is 42.7 Å². The number of rotatable bonds is 5. The minimum absolute atomic E-state index is 0.104. The summed E-state index contributed by atoms with van der Waals surface area (Å²) in [4.78, 5) is 15.2. The highest BCUT2D eigenvalue weighted by molar-refractivity contribution is 5.77. The summed E-state index contributed by atoms with van der Waals surface area (Å²) in [5.74, 6) is 0.428. The lowest BCUT2D eigenvalue weighted by molar-refractivity contribution is 0.192. The van der Waals surface area contributed by atoms with E-state index in [-0.39, 0.29) is 5.56 Å². The molecule has 0 spiro atoms. The van der Waals surface area contributed by atoms with Gasteiger partial charge in [0.15, 0.2) is 0 Å². The first-order chi connectivity index (χ1) is 13.7. The van der Waals surface area contributed by atoms with Crippen molar-refractivity contribution in [2.24, 2.45) is 7.05 Å². The van der Waals surface area contributed by atoms with Crippen LogP contribution in [-0.4, -0.2) is 34.3 Å². The molecule has 2 aromatic heterocycles. The van der Waals surface area contributed by atoms with Gasteiger partial charge in [-0.15, -0.1) is 0 Å². The fourth-order valence-corrected chi connectivity index (χ4v) is 3.67. The molecule has 28 heavy (non-hydrogen) atoms. The smallest absolute Gasteiger partial charge is 0.257 e. The maximum atomic E-state index is 12.9. The van der Waals surface area contributed by atoms with E-state index >= 15 is 0 Å².